The summed E-state index contributed by atoms with van der Waals surface area (Å²) in [6, 6.07) is 20.1. The van der Waals surface area contributed by atoms with Crippen LogP contribution < -0.4 is 10.6 Å². The molecule has 0 fully saturated rings. The van der Waals surface area contributed by atoms with Crippen molar-refractivity contribution in [3.05, 3.63) is 97.4 Å². The van der Waals surface area contributed by atoms with Crippen molar-refractivity contribution in [3.8, 4) is 0 Å². The van der Waals surface area contributed by atoms with Crippen LogP contribution in [0, 0.1) is 0 Å². The fraction of sp³-hybridized carbons (Fsp3) is 0. The first-order chi connectivity index (χ1) is 9.95. The number of nitrogens with one attached hydrogen (secondary N) is 2. The summed E-state index contributed by atoms with van der Waals surface area (Å²) in [6.45, 7) is 0. The lowest BCUT2D eigenvalue weighted by Gasteiger charge is -1.97. The van der Waals surface area contributed by atoms with E-state index in [1.54, 1.807) is 0 Å². The van der Waals surface area contributed by atoms with Crippen molar-refractivity contribution < 1.29 is 0 Å². The van der Waals surface area contributed by atoms with Crippen molar-refractivity contribution in [1.82, 2.24) is 0 Å². The topological polar surface area (TPSA) is 24.1 Å². The average molecular weight is 299 g/mol. The predicted molar refractivity (Wildman–Crippen MR) is 94.8 cm³/mol. The highest BCUT2D eigenvalue weighted by Crippen LogP contribution is 2.05. The molecular weight excluding hydrogens is 280 g/mol. The molecule has 0 atom stereocenters. The number of allylic oxidation sites excluding steroid dienone is 4. The van der Waals surface area contributed by atoms with E-state index >= 15 is 0 Å². The zero-order valence-electron chi connectivity index (χ0n) is 11.6. The van der Waals surface area contributed by atoms with Crippen LogP contribution in [0.25, 0.3) is 0 Å². The Morgan fingerprint density at radius 2 is 0.905 bits per heavy atom. The highest BCUT2D eigenvalue weighted by molar-refractivity contribution is 5.85. The van der Waals surface area contributed by atoms with Crippen LogP contribution in [0.3, 0.4) is 0 Å². The van der Waals surface area contributed by atoms with Crippen molar-refractivity contribution in [2.75, 3.05) is 10.6 Å². The Morgan fingerprint density at radius 3 is 1.29 bits per heavy atom. The second-order valence-corrected chi connectivity index (χ2v) is 4.12. The number of para-hydroxylation sites is 2. The van der Waals surface area contributed by atoms with Gasteiger partial charge in [0.1, 0.15) is 0 Å². The van der Waals surface area contributed by atoms with Crippen LogP contribution in [-0.4, -0.2) is 0 Å². The molecule has 0 aliphatic heterocycles. The molecule has 2 nitrogen and oxygen atoms in total. The van der Waals surface area contributed by atoms with Gasteiger partial charge in [-0.3, -0.25) is 0 Å². The summed E-state index contributed by atoms with van der Waals surface area (Å²) in [5, 5.41) is 6.38. The van der Waals surface area contributed by atoms with Crippen molar-refractivity contribution in [2.24, 2.45) is 0 Å². The summed E-state index contributed by atoms with van der Waals surface area (Å²) in [5.74, 6) is 0. The summed E-state index contributed by atoms with van der Waals surface area (Å²) in [4.78, 5) is 0. The molecule has 2 N–H and O–H groups in total. The zero-order valence-corrected chi connectivity index (χ0v) is 12.5. The molecular formula is C18H19ClN2. The molecule has 0 aliphatic carbocycles. The van der Waals surface area contributed by atoms with Crippen molar-refractivity contribution in [3.63, 3.8) is 0 Å². The first kappa shape index (κ1) is 16.6. The van der Waals surface area contributed by atoms with Gasteiger partial charge in [-0.2, -0.15) is 0 Å². The predicted octanol–water partition coefficient (Wildman–Crippen LogP) is 5.22. The molecule has 0 aromatic heterocycles. The van der Waals surface area contributed by atoms with E-state index in [0.717, 1.165) is 11.4 Å². The molecule has 3 heteroatoms. The SMILES string of the molecule is C(=C\C=C\Nc1ccccc1)/C=C/Nc1ccccc1.Cl. The normalized spacial score (nSPS) is 10.9. The standard InChI is InChI=1S/C18H18N2.ClH/c1(9-15-19-17-11-5-3-6-12-17)2-10-16-20-18-13-7-4-8-14-18;/h1-16,19-20H;1H/b2-1+,15-9+,16-10+;. The minimum absolute atomic E-state index is 0. The number of rotatable bonds is 6. The highest BCUT2D eigenvalue weighted by Gasteiger charge is 1.82. The van der Waals surface area contributed by atoms with Crippen molar-refractivity contribution >= 4 is 23.8 Å². The van der Waals surface area contributed by atoms with E-state index in [0.29, 0.717) is 0 Å². The van der Waals surface area contributed by atoms with E-state index in [-0.39, 0.29) is 12.4 Å². The van der Waals surface area contributed by atoms with E-state index in [1.807, 2.05) is 97.4 Å². The molecule has 0 bridgehead atoms. The molecule has 0 aliphatic rings. The lowest BCUT2D eigenvalue weighted by molar-refractivity contribution is 1.57. The van der Waals surface area contributed by atoms with Gasteiger partial charge in [-0.15, -0.1) is 12.4 Å². The fourth-order valence-corrected chi connectivity index (χ4v) is 1.60. The molecule has 2 rings (SSSR count). The molecule has 2 aromatic carbocycles. The highest BCUT2D eigenvalue weighted by atomic mass is 35.5. The van der Waals surface area contributed by atoms with Crippen LogP contribution >= 0.6 is 12.4 Å². The van der Waals surface area contributed by atoms with Gasteiger partial charge in [0.05, 0.1) is 0 Å². The third kappa shape index (κ3) is 7.04. The van der Waals surface area contributed by atoms with E-state index in [1.165, 1.54) is 0 Å². The molecule has 0 unspecified atom stereocenters. The molecule has 0 saturated carbocycles. The van der Waals surface area contributed by atoms with E-state index < -0.39 is 0 Å². The van der Waals surface area contributed by atoms with Gasteiger partial charge in [0.25, 0.3) is 0 Å². The smallest absolute Gasteiger partial charge is 0.0379 e. The second kappa shape index (κ2) is 10.4. The summed E-state index contributed by atoms with van der Waals surface area (Å²) >= 11 is 0. The average Bonchev–Trinajstić information content (AvgIpc) is 2.52. The third-order valence-electron chi connectivity index (χ3n) is 2.57. The van der Waals surface area contributed by atoms with Crippen LogP contribution in [0.15, 0.2) is 97.4 Å². The lowest BCUT2D eigenvalue weighted by Crippen LogP contribution is -1.85. The molecule has 108 valence electrons. The fourth-order valence-electron chi connectivity index (χ4n) is 1.60. The van der Waals surface area contributed by atoms with E-state index in [4.69, 9.17) is 0 Å². The number of anilines is 2. The molecule has 0 amide bonds. The molecule has 21 heavy (non-hydrogen) atoms. The van der Waals surface area contributed by atoms with Gasteiger partial charge in [0, 0.05) is 23.8 Å². The molecule has 0 heterocycles. The first-order valence-electron chi connectivity index (χ1n) is 6.57. The van der Waals surface area contributed by atoms with E-state index in [2.05, 4.69) is 10.6 Å². The number of halogens is 1. The third-order valence-corrected chi connectivity index (χ3v) is 2.57. The van der Waals surface area contributed by atoms with Gasteiger partial charge in [0.2, 0.25) is 0 Å². The van der Waals surface area contributed by atoms with E-state index in [9.17, 15) is 0 Å². The van der Waals surface area contributed by atoms with Crippen molar-refractivity contribution in [2.45, 2.75) is 0 Å². The summed E-state index contributed by atoms with van der Waals surface area (Å²) < 4.78 is 0. The van der Waals surface area contributed by atoms with Gasteiger partial charge in [-0.1, -0.05) is 48.6 Å². The molecule has 0 radical (unpaired) electrons. The van der Waals surface area contributed by atoms with Gasteiger partial charge < -0.3 is 10.6 Å². The summed E-state index contributed by atoms with van der Waals surface area (Å²) in [6.07, 6.45) is 11.7. The monoisotopic (exact) mass is 298 g/mol. The summed E-state index contributed by atoms with van der Waals surface area (Å²) in [7, 11) is 0. The number of hydrogen-bond donors (Lipinski definition) is 2. The van der Waals surface area contributed by atoms with Crippen LogP contribution in [0.5, 0.6) is 0 Å². The van der Waals surface area contributed by atoms with Gasteiger partial charge in [-0.25, -0.2) is 0 Å². The Labute approximate surface area is 132 Å². The number of benzene rings is 2. The minimum Gasteiger partial charge on any atom is -0.362 e. The maximum Gasteiger partial charge on any atom is 0.0379 e. The van der Waals surface area contributed by atoms with Gasteiger partial charge in [-0.05, 0) is 36.4 Å². The Bertz CT molecular complexity index is 521. The quantitative estimate of drug-likeness (QED) is 0.715. The molecule has 2 aromatic rings. The maximum atomic E-state index is 3.19. The van der Waals surface area contributed by atoms with Crippen LogP contribution in [0.4, 0.5) is 11.4 Å². The largest absolute Gasteiger partial charge is 0.362 e. The summed E-state index contributed by atoms with van der Waals surface area (Å²) in [5.41, 5.74) is 2.16. The maximum absolute atomic E-state index is 3.19. The Balaban J connectivity index is 0.00000220. The minimum atomic E-state index is 0. The van der Waals surface area contributed by atoms with Gasteiger partial charge >= 0.3 is 0 Å². The Hall–Kier alpha value is -2.45. The van der Waals surface area contributed by atoms with Crippen LogP contribution in [-0.2, 0) is 0 Å². The Kier molecular flexibility index (Phi) is 8.18. The van der Waals surface area contributed by atoms with Crippen molar-refractivity contribution in [1.29, 1.82) is 0 Å². The first-order valence-corrected chi connectivity index (χ1v) is 6.57. The van der Waals surface area contributed by atoms with Crippen LogP contribution in [0.1, 0.15) is 0 Å². The Morgan fingerprint density at radius 1 is 0.524 bits per heavy atom. The van der Waals surface area contributed by atoms with Gasteiger partial charge in [0.15, 0.2) is 0 Å². The molecule has 0 spiro atoms. The molecule has 0 saturated heterocycles. The van der Waals surface area contributed by atoms with Crippen LogP contribution in [0.2, 0.25) is 0 Å². The number of hydrogen-bond acceptors (Lipinski definition) is 2. The second-order valence-electron chi connectivity index (χ2n) is 4.12. The zero-order chi connectivity index (χ0) is 13.9. The lowest BCUT2D eigenvalue weighted by atomic mass is 10.3.